The number of amides is 1. The van der Waals surface area contributed by atoms with Gasteiger partial charge in [0, 0.05) is 13.5 Å². The van der Waals surface area contributed by atoms with Crippen LogP contribution in [0.25, 0.3) is 0 Å². The van der Waals surface area contributed by atoms with E-state index in [0.717, 1.165) is 32.1 Å². The van der Waals surface area contributed by atoms with Gasteiger partial charge in [-0.15, -0.1) is 0 Å². The monoisotopic (exact) mass is 427 g/mol. The molecule has 0 aromatic heterocycles. The zero-order chi connectivity index (χ0) is 20.4. The normalized spacial score (nSPS) is 11.5. The molecule has 162 valence electrons. The van der Waals surface area contributed by atoms with Crippen molar-refractivity contribution in [3.63, 3.8) is 0 Å². The number of rotatable bonds is 18. The second-order valence-corrected chi connectivity index (χ2v) is 8.70. The van der Waals surface area contributed by atoms with Gasteiger partial charge in [0.2, 0.25) is 5.91 Å². The van der Waals surface area contributed by atoms with Gasteiger partial charge < -0.3 is 0 Å². The standard InChI is InChI=1S/C21H41NO4S.Na.H/c1-4-6-7-8-9-10-11-12-13-14-15-16-17-18-19-20-21(23)22(3)27(24,25)26-5-2;;/h12-13H,4-11,14-20H2,1-3H3;;. The van der Waals surface area contributed by atoms with Crippen LogP contribution in [0, 0.1) is 0 Å². The van der Waals surface area contributed by atoms with E-state index in [4.69, 9.17) is 0 Å². The third-order valence-electron chi connectivity index (χ3n) is 4.61. The first-order valence-corrected chi connectivity index (χ1v) is 12.1. The first kappa shape index (κ1) is 30.3. The molecule has 0 spiro atoms. The van der Waals surface area contributed by atoms with E-state index in [1.54, 1.807) is 6.92 Å². The molecule has 5 nitrogen and oxygen atoms in total. The van der Waals surface area contributed by atoms with Crippen molar-refractivity contribution in [1.82, 2.24) is 4.31 Å². The fourth-order valence-electron chi connectivity index (χ4n) is 2.86. The summed E-state index contributed by atoms with van der Waals surface area (Å²) in [7, 11) is -2.65. The average molecular weight is 428 g/mol. The zero-order valence-electron chi connectivity index (χ0n) is 17.7. The summed E-state index contributed by atoms with van der Waals surface area (Å²) in [5.74, 6) is -0.402. The summed E-state index contributed by atoms with van der Waals surface area (Å²) in [6.07, 6.45) is 20.4. The average Bonchev–Trinajstić information content (AvgIpc) is 2.64. The minimum absolute atomic E-state index is 0. The number of hydrogen-bond acceptors (Lipinski definition) is 4. The van der Waals surface area contributed by atoms with Crippen LogP contribution in [0.4, 0.5) is 0 Å². The first-order chi connectivity index (χ1) is 13.0. The van der Waals surface area contributed by atoms with Crippen molar-refractivity contribution in [3.05, 3.63) is 12.2 Å². The fourth-order valence-corrected chi connectivity index (χ4v) is 3.65. The van der Waals surface area contributed by atoms with Crippen LogP contribution in [0.15, 0.2) is 12.2 Å². The summed E-state index contributed by atoms with van der Waals surface area (Å²) in [6, 6.07) is 0. The van der Waals surface area contributed by atoms with Gasteiger partial charge in [-0.1, -0.05) is 70.4 Å². The third kappa shape index (κ3) is 17.0. The maximum absolute atomic E-state index is 11.9. The number of hydrogen-bond donors (Lipinski definition) is 0. The molecule has 1 amide bonds. The molecule has 0 heterocycles. The van der Waals surface area contributed by atoms with Crippen molar-refractivity contribution < 1.29 is 17.4 Å². The number of carbonyl (C=O) groups excluding carboxylic acids is 1. The van der Waals surface area contributed by atoms with Crippen LogP contribution < -0.4 is 0 Å². The molecule has 0 radical (unpaired) electrons. The summed E-state index contributed by atoms with van der Waals surface area (Å²) in [5, 5.41) is 0. The molecular formula is C21H42NNaO4S. The number of nitrogens with zero attached hydrogens (tertiary/aromatic N) is 1. The van der Waals surface area contributed by atoms with Gasteiger partial charge in [-0.05, 0) is 39.0 Å². The van der Waals surface area contributed by atoms with Crippen LogP contribution in [0.3, 0.4) is 0 Å². The van der Waals surface area contributed by atoms with Crippen LogP contribution >= 0.6 is 0 Å². The molecule has 0 N–H and O–H groups in total. The van der Waals surface area contributed by atoms with E-state index in [2.05, 4.69) is 23.3 Å². The van der Waals surface area contributed by atoms with E-state index in [1.165, 1.54) is 58.4 Å². The predicted octanol–water partition coefficient (Wildman–Crippen LogP) is 5.12. The second kappa shape index (κ2) is 20.4. The molecule has 0 rings (SSSR count). The fraction of sp³-hybridized carbons (Fsp3) is 0.857. The molecule has 0 unspecified atom stereocenters. The topological polar surface area (TPSA) is 63.7 Å². The van der Waals surface area contributed by atoms with Crippen LogP contribution in [-0.4, -0.2) is 61.8 Å². The molecule has 0 fully saturated rings. The summed E-state index contributed by atoms with van der Waals surface area (Å²) in [4.78, 5) is 11.9. The Morgan fingerprint density at radius 1 is 0.821 bits per heavy atom. The van der Waals surface area contributed by atoms with Crippen molar-refractivity contribution >= 4 is 45.8 Å². The second-order valence-electron chi connectivity index (χ2n) is 7.06. The molecule has 0 saturated carbocycles. The van der Waals surface area contributed by atoms with Gasteiger partial charge in [0.05, 0.1) is 6.61 Å². The van der Waals surface area contributed by atoms with Gasteiger partial charge in [0.15, 0.2) is 0 Å². The van der Waals surface area contributed by atoms with E-state index in [9.17, 15) is 13.2 Å². The molecular weight excluding hydrogens is 385 g/mol. The Labute approximate surface area is 196 Å². The summed E-state index contributed by atoms with van der Waals surface area (Å²) in [5.41, 5.74) is 0. The van der Waals surface area contributed by atoms with E-state index in [1.807, 2.05) is 0 Å². The first-order valence-electron chi connectivity index (χ1n) is 10.8. The van der Waals surface area contributed by atoms with Crippen LogP contribution in [0.1, 0.15) is 104 Å². The number of allylic oxidation sites excluding steroid dienone is 2. The molecule has 0 saturated heterocycles. The van der Waals surface area contributed by atoms with E-state index in [-0.39, 0.29) is 42.6 Å². The van der Waals surface area contributed by atoms with Crippen LogP contribution in [0.5, 0.6) is 0 Å². The third-order valence-corrected chi connectivity index (χ3v) is 6.01. The summed E-state index contributed by atoms with van der Waals surface area (Å²) in [6.45, 7) is 3.87. The van der Waals surface area contributed by atoms with Crippen molar-refractivity contribution in [2.24, 2.45) is 0 Å². The summed E-state index contributed by atoms with van der Waals surface area (Å²) < 4.78 is 28.5. The molecule has 28 heavy (non-hydrogen) atoms. The van der Waals surface area contributed by atoms with Crippen molar-refractivity contribution in [3.8, 4) is 0 Å². The Kier molecular flexibility index (Phi) is 22.1. The van der Waals surface area contributed by atoms with Crippen molar-refractivity contribution in [1.29, 1.82) is 0 Å². The van der Waals surface area contributed by atoms with Crippen LogP contribution in [-0.2, 0) is 19.3 Å². The molecule has 0 atom stereocenters. The molecule has 0 aliphatic heterocycles. The SMILES string of the molecule is CCCCCCCCC=CCCCCCCCC(=O)N(C)S(=O)(=O)OCC.[NaH]. The van der Waals surface area contributed by atoms with Crippen LogP contribution in [0.2, 0.25) is 0 Å². The Morgan fingerprint density at radius 3 is 1.79 bits per heavy atom. The van der Waals surface area contributed by atoms with Crippen molar-refractivity contribution in [2.45, 2.75) is 104 Å². The quantitative estimate of drug-likeness (QED) is 0.173. The van der Waals surface area contributed by atoms with Gasteiger partial charge in [-0.25, -0.2) is 4.31 Å². The molecule has 0 aliphatic rings. The molecule has 0 aromatic carbocycles. The van der Waals surface area contributed by atoms with Gasteiger partial charge in [-0.3, -0.25) is 8.98 Å². The van der Waals surface area contributed by atoms with Gasteiger partial charge in [0.1, 0.15) is 0 Å². The predicted molar refractivity (Wildman–Crippen MR) is 120 cm³/mol. The van der Waals surface area contributed by atoms with E-state index >= 15 is 0 Å². The molecule has 0 aromatic rings. The van der Waals surface area contributed by atoms with Gasteiger partial charge in [-0.2, -0.15) is 8.42 Å². The number of unbranched alkanes of at least 4 members (excludes halogenated alkanes) is 11. The Morgan fingerprint density at radius 2 is 1.29 bits per heavy atom. The maximum atomic E-state index is 11.9. The zero-order valence-corrected chi connectivity index (χ0v) is 18.6. The van der Waals surface area contributed by atoms with Gasteiger partial charge in [0.25, 0.3) is 0 Å². The van der Waals surface area contributed by atoms with E-state index < -0.39 is 16.2 Å². The Bertz CT molecular complexity index is 495. The minimum atomic E-state index is -3.90. The van der Waals surface area contributed by atoms with Gasteiger partial charge >= 0.3 is 39.9 Å². The molecule has 7 heteroatoms. The van der Waals surface area contributed by atoms with Crippen molar-refractivity contribution in [2.75, 3.05) is 13.7 Å². The molecule has 0 bridgehead atoms. The van der Waals surface area contributed by atoms with E-state index in [0.29, 0.717) is 4.31 Å². The molecule has 0 aliphatic carbocycles. The summed E-state index contributed by atoms with van der Waals surface area (Å²) >= 11 is 0. The Balaban J connectivity index is 0. The Hall–Kier alpha value is 0.120. The number of carbonyl (C=O) groups is 1.